The predicted molar refractivity (Wildman–Crippen MR) is 101 cm³/mol. The van der Waals surface area contributed by atoms with Gasteiger partial charge in [0.25, 0.3) is 5.91 Å². The van der Waals surface area contributed by atoms with E-state index in [4.69, 9.17) is 9.15 Å². The Hall–Kier alpha value is -2.38. The van der Waals surface area contributed by atoms with Gasteiger partial charge in [0.05, 0.1) is 19.7 Å². The van der Waals surface area contributed by atoms with Gasteiger partial charge < -0.3 is 19.0 Å². The molecule has 0 bridgehead atoms. The zero-order chi connectivity index (χ0) is 19.3. The van der Waals surface area contributed by atoms with Crippen LogP contribution >= 0.6 is 0 Å². The monoisotopic (exact) mass is 371 g/mol. The number of para-hydroxylation sites is 1. The summed E-state index contributed by atoms with van der Waals surface area (Å²) < 4.78 is 11.8. The molecule has 0 aliphatic carbocycles. The first-order chi connectivity index (χ1) is 12.8. The number of morpholine rings is 1. The van der Waals surface area contributed by atoms with Gasteiger partial charge in [-0.05, 0) is 20.0 Å². The quantitative estimate of drug-likeness (QED) is 0.797. The van der Waals surface area contributed by atoms with Gasteiger partial charge in [-0.2, -0.15) is 0 Å². The Kier molecular flexibility index (Phi) is 4.24. The van der Waals surface area contributed by atoms with Crippen LogP contribution in [-0.4, -0.2) is 85.5 Å². The van der Waals surface area contributed by atoms with Crippen molar-refractivity contribution in [3.8, 4) is 0 Å². The minimum Gasteiger partial charge on any atom is -0.451 e. The Morgan fingerprint density at radius 1 is 1.19 bits per heavy atom. The van der Waals surface area contributed by atoms with E-state index in [2.05, 4.69) is 0 Å². The molecule has 0 N–H and O–H groups in total. The first-order valence-electron chi connectivity index (χ1n) is 9.14. The average Bonchev–Trinajstić information content (AvgIpc) is 2.95. The van der Waals surface area contributed by atoms with E-state index in [1.807, 2.05) is 43.1 Å². The summed E-state index contributed by atoms with van der Waals surface area (Å²) in [6.07, 6.45) is 0. The van der Waals surface area contributed by atoms with Crippen LogP contribution in [0.15, 0.2) is 28.7 Å². The summed E-state index contributed by atoms with van der Waals surface area (Å²) >= 11 is 0. The van der Waals surface area contributed by atoms with Crippen LogP contribution in [0.1, 0.15) is 16.1 Å². The molecule has 27 heavy (non-hydrogen) atoms. The molecule has 0 radical (unpaired) electrons. The lowest BCUT2D eigenvalue weighted by molar-refractivity contribution is -0.190. The van der Waals surface area contributed by atoms with Crippen LogP contribution in [0.3, 0.4) is 0 Å². The topological polar surface area (TPSA) is 66.2 Å². The molecule has 7 nitrogen and oxygen atoms in total. The molecule has 1 spiro atoms. The van der Waals surface area contributed by atoms with Crippen LogP contribution in [0.25, 0.3) is 11.0 Å². The third-order valence-corrected chi connectivity index (χ3v) is 5.63. The van der Waals surface area contributed by atoms with E-state index in [9.17, 15) is 9.59 Å². The Labute approximate surface area is 158 Å². The number of nitrogens with zero attached hydrogens (tertiary/aromatic N) is 3. The summed E-state index contributed by atoms with van der Waals surface area (Å²) in [6, 6.07) is 7.40. The van der Waals surface area contributed by atoms with Crippen LogP contribution in [0.4, 0.5) is 0 Å². The highest BCUT2D eigenvalue weighted by atomic mass is 16.5. The van der Waals surface area contributed by atoms with Crippen molar-refractivity contribution >= 4 is 22.8 Å². The van der Waals surface area contributed by atoms with Crippen LogP contribution in [0.2, 0.25) is 0 Å². The lowest BCUT2D eigenvalue weighted by Gasteiger charge is -2.54. The van der Waals surface area contributed by atoms with Gasteiger partial charge in [0.1, 0.15) is 17.2 Å². The number of likely N-dealkylation sites (tertiary alicyclic amines) is 1. The Morgan fingerprint density at radius 3 is 2.52 bits per heavy atom. The second-order valence-corrected chi connectivity index (χ2v) is 7.87. The first-order valence-corrected chi connectivity index (χ1v) is 9.14. The fourth-order valence-electron chi connectivity index (χ4n) is 4.06. The second-order valence-electron chi connectivity index (χ2n) is 7.87. The van der Waals surface area contributed by atoms with Gasteiger partial charge in [0, 0.05) is 31.6 Å². The molecule has 0 saturated carbocycles. The lowest BCUT2D eigenvalue weighted by Crippen LogP contribution is -2.73. The van der Waals surface area contributed by atoms with Gasteiger partial charge in [0.15, 0.2) is 5.76 Å². The average molecular weight is 371 g/mol. The third kappa shape index (κ3) is 2.91. The van der Waals surface area contributed by atoms with Crippen LogP contribution in [0, 0.1) is 6.92 Å². The standard InChI is InChI=1S/C20H25N3O4/c1-13-14-7-5-6-8-16(14)27-17(13)19(25)23-11-20(12-23)10-22(4)15(9-26-20)18(24)21(2)3/h5-8,15H,9-12H2,1-4H3/t15-/m1/s1. The molecule has 3 heterocycles. The predicted octanol–water partition coefficient (Wildman–Crippen LogP) is 1.35. The number of amides is 2. The van der Waals surface area contributed by atoms with Gasteiger partial charge in [-0.25, -0.2) is 0 Å². The number of fused-ring (bicyclic) bond motifs is 1. The molecule has 1 aromatic heterocycles. The summed E-state index contributed by atoms with van der Waals surface area (Å²) in [5.41, 5.74) is 1.20. The van der Waals surface area contributed by atoms with Crippen molar-refractivity contribution in [2.45, 2.75) is 18.6 Å². The number of likely N-dealkylation sites (N-methyl/N-ethyl adjacent to an activating group) is 2. The maximum Gasteiger partial charge on any atom is 0.290 e. The van der Waals surface area contributed by atoms with Crippen molar-refractivity contribution in [3.63, 3.8) is 0 Å². The number of furan rings is 1. The molecular weight excluding hydrogens is 346 g/mol. The van der Waals surface area contributed by atoms with E-state index >= 15 is 0 Å². The number of benzene rings is 1. The van der Waals surface area contributed by atoms with E-state index in [1.165, 1.54) is 0 Å². The SMILES string of the molecule is Cc1c(C(=O)N2CC3(C2)CN(C)[C@@H](C(=O)N(C)C)CO3)oc2ccccc12. The lowest BCUT2D eigenvalue weighted by atomic mass is 9.90. The number of aryl methyl sites for hydroxylation is 1. The minimum atomic E-state index is -0.395. The number of ether oxygens (including phenoxy) is 1. The molecule has 1 aromatic carbocycles. The van der Waals surface area contributed by atoms with E-state index in [0.717, 1.165) is 16.5 Å². The molecule has 2 aromatic rings. The van der Waals surface area contributed by atoms with E-state index in [-0.39, 0.29) is 17.9 Å². The van der Waals surface area contributed by atoms with Gasteiger partial charge in [-0.3, -0.25) is 14.5 Å². The highest BCUT2D eigenvalue weighted by Gasteiger charge is 2.52. The molecule has 144 valence electrons. The van der Waals surface area contributed by atoms with Crippen molar-refractivity contribution in [1.29, 1.82) is 0 Å². The van der Waals surface area contributed by atoms with Crippen molar-refractivity contribution < 1.29 is 18.7 Å². The van der Waals surface area contributed by atoms with Gasteiger partial charge in [0.2, 0.25) is 5.91 Å². The molecule has 7 heteroatoms. The molecule has 2 aliphatic heterocycles. The fourth-order valence-corrected chi connectivity index (χ4v) is 4.06. The minimum absolute atomic E-state index is 0.0394. The van der Waals surface area contributed by atoms with Gasteiger partial charge >= 0.3 is 0 Å². The summed E-state index contributed by atoms with van der Waals surface area (Å²) in [6.45, 7) is 3.90. The molecule has 2 amide bonds. The Balaban J connectivity index is 1.44. The maximum atomic E-state index is 12.9. The number of rotatable bonds is 2. The van der Waals surface area contributed by atoms with Crippen molar-refractivity contribution in [1.82, 2.24) is 14.7 Å². The molecule has 4 rings (SSSR count). The zero-order valence-electron chi connectivity index (χ0n) is 16.2. The Bertz CT molecular complexity index is 898. The second kappa shape index (κ2) is 6.35. The molecule has 2 aliphatic rings. The van der Waals surface area contributed by atoms with Crippen molar-refractivity contribution in [2.75, 3.05) is 47.4 Å². The highest BCUT2D eigenvalue weighted by Crippen LogP contribution is 2.34. The Morgan fingerprint density at radius 2 is 1.89 bits per heavy atom. The smallest absolute Gasteiger partial charge is 0.290 e. The van der Waals surface area contributed by atoms with Gasteiger partial charge in [-0.15, -0.1) is 0 Å². The van der Waals surface area contributed by atoms with Crippen LogP contribution in [-0.2, 0) is 9.53 Å². The molecule has 0 unspecified atom stereocenters. The zero-order valence-corrected chi connectivity index (χ0v) is 16.2. The summed E-state index contributed by atoms with van der Waals surface area (Å²) in [5.74, 6) is 0.334. The first kappa shape index (κ1) is 18.0. The third-order valence-electron chi connectivity index (χ3n) is 5.63. The van der Waals surface area contributed by atoms with E-state index in [1.54, 1.807) is 23.9 Å². The number of carbonyl (C=O) groups is 2. The summed E-state index contributed by atoms with van der Waals surface area (Å²) in [7, 11) is 5.43. The summed E-state index contributed by atoms with van der Waals surface area (Å²) in [4.78, 5) is 30.5. The molecule has 1 atom stereocenters. The number of hydrogen-bond donors (Lipinski definition) is 0. The van der Waals surface area contributed by atoms with Crippen LogP contribution < -0.4 is 0 Å². The molecule has 2 saturated heterocycles. The largest absolute Gasteiger partial charge is 0.451 e. The van der Waals surface area contributed by atoms with Crippen LogP contribution in [0.5, 0.6) is 0 Å². The number of hydrogen-bond acceptors (Lipinski definition) is 5. The normalized spacial score (nSPS) is 22.1. The highest BCUT2D eigenvalue weighted by molar-refractivity contribution is 5.99. The van der Waals surface area contributed by atoms with Gasteiger partial charge in [-0.1, -0.05) is 18.2 Å². The van der Waals surface area contributed by atoms with E-state index < -0.39 is 5.60 Å². The number of carbonyl (C=O) groups excluding carboxylic acids is 2. The maximum absolute atomic E-state index is 12.9. The van der Waals surface area contributed by atoms with Crippen molar-refractivity contribution in [2.24, 2.45) is 0 Å². The molecule has 2 fully saturated rings. The van der Waals surface area contributed by atoms with E-state index in [0.29, 0.717) is 32.0 Å². The van der Waals surface area contributed by atoms with Crippen molar-refractivity contribution in [3.05, 3.63) is 35.6 Å². The summed E-state index contributed by atoms with van der Waals surface area (Å²) in [5, 5.41) is 0.967. The fraction of sp³-hybridized carbons (Fsp3) is 0.500. The molecular formula is C20H25N3O4.